The smallest absolute Gasteiger partial charge is 0.119 e. The Labute approximate surface area is 98.1 Å². The molecule has 0 amide bonds. The van der Waals surface area contributed by atoms with Gasteiger partial charge in [0.15, 0.2) is 0 Å². The van der Waals surface area contributed by atoms with E-state index in [9.17, 15) is 0 Å². The minimum absolute atomic E-state index is 0.0976. The zero-order chi connectivity index (χ0) is 11.8. The fourth-order valence-electron chi connectivity index (χ4n) is 1.65. The van der Waals surface area contributed by atoms with E-state index in [4.69, 9.17) is 10.5 Å². The van der Waals surface area contributed by atoms with E-state index >= 15 is 0 Å². The Balaban J connectivity index is 2.56. The number of nitrogens with two attached hydrogens (primary N) is 1. The van der Waals surface area contributed by atoms with Crippen LogP contribution in [0.3, 0.4) is 0 Å². The maximum atomic E-state index is 6.11. The van der Waals surface area contributed by atoms with Gasteiger partial charge in [-0.25, -0.2) is 0 Å². The minimum atomic E-state index is 0.0976. The van der Waals surface area contributed by atoms with Crippen LogP contribution in [0.4, 0.5) is 0 Å². The van der Waals surface area contributed by atoms with Crippen molar-refractivity contribution >= 4 is 0 Å². The van der Waals surface area contributed by atoms with Crippen LogP contribution in [0.2, 0.25) is 0 Å². The summed E-state index contributed by atoms with van der Waals surface area (Å²) in [6, 6.07) is 8.14. The van der Waals surface area contributed by atoms with Crippen LogP contribution >= 0.6 is 0 Å². The van der Waals surface area contributed by atoms with E-state index in [1.165, 1.54) is 0 Å². The molecule has 1 atom stereocenters. The van der Waals surface area contributed by atoms with E-state index in [-0.39, 0.29) is 6.04 Å². The van der Waals surface area contributed by atoms with Gasteiger partial charge in [0.05, 0.1) is 6.61 Å². The van der Waals surface area contributed by atoms with E-state index in [0.717, 1.165) is 30.6 Å². The van der Waals surface area contributed by atoms with Crippen LogP contribution in [-0.4, -0.2) is 6.61 Å². The second kappa shape index (κ2) is 7.07. The highest BCUT2D eigenvalue weighted by Gasteiger charge is 2.06. The average Bonchev–Trinajstić information content (AvgIpc) is 2.30. The van der Waals surface area contributed by atoms with Crippen molar-refractivity contribution in [2.75, 3.05) is 6.61 Å². The van der Waals surface area contributed by atoms with Gasteiger partial charge in [0.2, 0.25) is 0 Å². The summed E-state index contributed by atoms with van der Waals surface area (Å²) in [6.45, 7) is 6.38. The summed E-state index contributed by atoms with van der Waals surface area (Å²) in [5.74, 6) is 0.902. The number of rotatable bonds is 7. The van der Waals surface area contributed by atoms with Crippen molar-refractivity contribution in [1.29, 1.82) is 0 Å². The molecule has 1 rings (SSSR count). The van der Waals surface area contributed by atoms with Gasteiger partial charge in [0.25, 0.3) is 0 Å². The SMILES string of the molecule is C=CCCCC(N)c1cccc(OCC)c1. The molecule has 0 bridgehead atoms. The van der Waals surface area contributed by atoms with Crippen molar-refractivity contribution in [1.82, 2.24) is 0 Å². The second-order valence-electron chi connectivity index (χ2n) is 3.83. The van der Waals surface area contributed by atoms with Gasteiger partial charge >= 0.3 is 0 Å². The van der Waals surface area contributed by atoms with Crippen molar-refractivity contribution in [3.05, 3.63) is 42.5 Å². The molecule has 0 saturated heterocycles. The molecule has 0 aliphatic rings. The maximum Gasteiger partial charge on any atom is 0.119 e. The Morgan fingerprint density at radius 3 is 3.00 bits per heavy atom. The van der Waals surface area contributed by atoms with E-state index in [1.807, 2.05) is 31.2 Å². The van der Waals surface area contributed by atoms with Crippen LogP contribution in [0, 0.1) is 0 Å². The number of allylic oxidation sites excluding steroid dienone is 1. The van der Waals surface area contributed by atoms with Crippen LogP contribution in [0.25, 0.3) is 0 Å². The van der Waals surface area contributed by atoms with Crippen LogP contribution < -0.4 is 10.5 Å². The summed E-state index contributed by atoms with van der Waals surface area (Å²) < 4.78 is 5.45. The third kappa shape index (κ3) is 4.07. The second-order valence-corrected chi connectivity index (χ2v) is 3.83. The molecule has 2 heteroatoms. The lowest BCUT2D eigenvalue weighted by Gasteiger charge is -2.12. The molecule has 1 aromatic carbocycles. The molecule has 1 unspecified atom stereocenters. The molecule has 0 fully saturated rings. The topological polar surface area (TPSA) is 35.2 Å². The van der Waals surface area contributed by atoms with Crippen LogP contribution in [-0.2, 0) is 0 Å². The van der Waals surface area contributed by atoms with Gasteiger partial charge < -0.3 is 10.5 Å². The quantitative estimate of drug-likeness (QED) is 0.563. The maximum absolute atomic E-state index is 6.11. The van der Waals surface area contributed by atoms with Crippen molar-refractivity contribution in [3.8, 4) is 5.75 Å². The summed E-state index contributed by atoms with van der Waals surface area (Å²) in [7, 11) is 0. The van der Waals surface area contributed by atoms with E-state index in [1.54, 1.807) is 0 Å². The summed E-state index contributed by atoms with van der Waals surface area (Å²) in [4.78, 5) is 0. The third-order valence-electron chi connectivity index (χ3n) is 2.52. The molecule has 0 aliphatic heterocycles. The summed E-state index contributed by atoms with van der Waals surface area (Å²) >= 11 is 0. The van der Waals surface area contributed by atoms with Crippen molar-refractivity contribution < 1.29 is 4.74 Å². The first kappa shape index (κ1) is 12.8. The highest BCUT2D eigenvalue weighted by atomic mass is 16.5. The normalized spacial score (nSPS) is 12.1. The van der Waals surface area contributed by atoms with Crippen molar-refractivity contribution in [2.24, 2.45) is 5.73 Å². The molecule has 0 radical (unpaired) electrons. The lowest BCUT2D eigenvalue weighted by Crippen LogP contribution is -2.10. The highest BCUT2D eigenvalue weighted by molar-refractivity contribution is 5.30. The van der Waals surface area contributed by atoms with Gasteiger partial charge in [-0.05, 0) is 43.9 Å². The Bertz CT molecular complexity index is 322. The molecule has 2 N–H and O–H groups in total. The van der Waals surface area contributed by atoms with E-state index in [0.29, 0.717) is 6.61 Å². The standard InChI is InChI=1S/C14H21NO/c1-3-5-6-10-14(15)12-8-7-9-13(11-12)16-4-2/h3,7-9,11,14H,1,4-6,10,15H2,2H3. The first-order valence-electron chi connectivity index (χ1n) is 5.87. The predicted octanol–water partition coefficient (Wildman–Crippen LogP) is 3.44. The molecule has 16 heavy (non-hydrogen) atoms. The Hall–Kier alpha value is -1.28. The minimum Gasteiger partial charge on any atom is -0.494 e. The number of hydrogen-bond acceptors (Lipinski definition) is 2. The lowest BCUT2D eigenvalue weighted by atomic mass is 10.0. The van der Waals surface area contributed by atoms with Crippen molar-refractivity contribution in [3.63, 3.8) is 0 Å². The van der Waals surface area contributed by atoms with Gasteiger partial charge in [-0.1, -0.05) is 18.2 Å². The van der Waals surface area contributed by atoms with Gasteiger partial charge in [-0.3, -0.25) is 0 Å². The molecule has 0 spiro atoms. The van der Waals surface area contributed by atoms with Crippen LogP contribution in [0.15, 0.2) is 36.9 Å². The van der Waals surface area contributed by atoms with E-state index in [2.05, 4.69) is 12.6 Å². The zero-order valence-corrected chi connectivity index (χ0v) is 9.99. The largest absolute Gasteiger partial charge is 0.494 e. The van der Waals surface area contributed by atoms with Gasteiger partial charge in [-0.15, -0.1) is 6.58 Å². The Kier molecular flexibility index (Phi) is 5.65. The molecular weight excluding hydrogens is 198 g/mol. The van der Waals surface area contributed by atoms with E-state index < -0.39 is 0 Å². The molecule has 0 heterocycles. The lowest BCUT2D eigenvalue weighted by molar-refractivity contribution is 0.339. The fourth-order valence-corrected chi connectivity index (χ4v) is 1.65. The summed E-state index contributed by atoms with van der Waals surface area (Å²) in [6.07, 6.45) is 5.04. The number of ether oxygens (including phenoxy) is 1. The molecule has 0 aliphatic carbocycles. The van der Waals surface area contributed by atoms with Gasteiger partial charge in [0.1, 0.15) is 5.75 Å². The van der Waals surface area contributed by atoms with Crippen LogP contribution in [0.1, 0.15) is 37.8 Å². The first-order valence-corrected chi connectivity index (χ1v) is 5.87. The highest BCUT2D eigenvalue weighted by Crippen LogP contribution is 2.21. The molecule has 88 valence electrons. The summed E-state index contributed by atoms with van der Waals surface area (Å²) in [5.41, 5.74) is 7.26. The van der Waals surface area contributed by atoms with Crippen LogP contribution in [0.5, 0.6) is 5.75 Å². The van der Waals surface area contributed by atoms with Gasteiger partial charge in [0, 0.05) is 6.04 Å². The molecule has 1 aromatic rings. The predicted molar refractivity (Wildman–Crippen MR) is 68.6 cm³/mol. The van der Waals surface area contributed by atoms with Crippen molar-refractivity contribution in [2.45, 2.75) is 32.2 Å². The summed E-state index contributed by atoms with van der Waals surface area (Å²) in [5, 5.41) is 0. The monoisotopic (exact) mass is 219 g/mol. The fraction of sp³-hybridized carbons (Fsp3) is 0.429. The number of benzene rings is 1. The Morgan fingerprint density at radius 1 is 1.50 bits per heavy atom. The van der Waals surface area contributed by atoms with Gasteiger partial charge in [-0.2, -0.15) is 0 Å². The molecule has 0 saturated carbocycles. The molecule has 0 aromatic heterocycles. The first-order chi connectivity index (χ1) is 7.77. The average molecular weight is 219 g/mol. The molecular formula is C14H21NO. The number of hydrogen-bond donors (Lipinski definition) is 1. The Morgan fingerprint density at radius 2 is 2.31 bits per heavy atom. The zero-order valence-electron chi connectivity index (χ0n) is 9.99. The third-order valence-corrected chi connectivity index (χ3v) is 2.52. The number of unbranched alkanes of at least 4 members (excludes halogenated alkanes) is 1. The molecule has 2 nitrogen and oxygen atoms in total.